The first kappa shape index (κ1) is 3.56. The van der Waals surface area contributed by atoms with Crippen molar-refractivity contribution in [3.63, 3.8) is 0 Å². The SMILES string of the molecule is [2H]c1c(F)cnc(Br)c1[2H]. The van der Waals surface area contributed by atoms with E-state index in [1.54, 1.807) is 0 Å². The molecule has 1 heterocycles. The molecule has 0 N–H and O–H groups in total. The van der Waals surface area contributed by atoms with Crippen LogP contribution in [0.1, 0.15) is 2.74 Å². The highest BCUT2D eigenvalue weighted by molar-refractivity contribution is 9.10. The van der Waals surface area contributed by atoms with Crippen molar-refractivity contribution in [2.75, 3.05) is 0 Å². The van der Waals surface area contributed by atoms with E-state index in [2.05, 4.69) is 20.9 Å². The summed E-state index contributed by atoms with van der Waals surface area (Å²) in [6.07, 6.45) is 0.907. The highest BCUT2D eigenvalue weighted by atomic mass is 79.9. The predicted molar refractivity (Wildman–Crippen MR) is 31.9 cm³/mol. The van der Waals surface area contributed by atoms with Crippen molar-refractivity contribution in [2.24, 2.45) is 0 Å². The molecule has 0 aliphatic heterocycles. The van der Waals surface area contributed by atoms with Crippen LogP contribution in [0.3, 0.4) is 0 Å². The predicted octanol–water partition coefficient (Wildman–Crippen LogP) is 1.98. The lowest BCUT2D eigenvalue weighted by Gasteiger charge is -1.84. The van der Waals surface area contributed by atoms with E-state index in [9.17, 15) is 4.39 Å². The maximum absolute atomic E-state index is 12.4. The molecule has 8 heavy (non-hydrogen) atoms. The fraction of sp³-hybridized carbons (Fsp3) is 0. The summed E-state index contributed by atoms with van der Waals surface area (Å²) < 4.78 is 26.6. The van der Waals surface area contributed by atoms with Gasteiger partial charge < -0.3 is 0 Å². The van der Waals surface area contributed by atoms with E-state index in [1.165, 1.54) is 0 Å². The maximum Gasteiger partial charge on any atom is 0.141 e. The second-order valence-electron chi connectivity index (χ2n) is 1.15. The number of pyridine rings is 1. The number of halogens is 2. The van der Waals surface area contributed by atoms with Crippen LogP contribution in [0.15, 0.2) is 22.9 Å². The van der Waals surface area contributed by atoms with Crippen molar-refractivity contribution < 1.29 is 7.13 Å². The molecule has 0 unspecified atom stereocenters. The molecule has 3 heteroatoms. The molecule has 0 fully saturated rings. The van der Waals surface area contributed by atoms with E-state index < -0.39 is 11.9 Å². The average molecular weight is 178 g/mol. The Kier molecular flexibility index (Phi) is 0.987. The Morgan fingerprint density at radius 3 is 3.12 bits per heavy atom. The molecule has 0 saturated carbocycles. The topological polar surface area (TPSA) is 12.9 Å². The molecule has 0 aromatic carbocycles. The molecule has 0 bridgehead atoms. The van der Waals surface area contributed by atoms with Crippen LogP contribution in [0.25, 0.3) is 0 Å². The van der Waals surface area contributed by atoms with Gasteiger partial charge in [-0.15, -0.1) is 0 Å². The molecule has 42 valence electrons. The molecule has 1 nitrogen and oxygen atoms in total. The van der Waals surface area contributed by atoms with Crippen molar-refractivity contribution in [3.8, 4) is 0 Å². The Morgan fingerprint density at radius 1 is 1.75 bits per heavy atom. The van der Waals surface area contributed by atoms with Gasteiger partial charge >= 0.3 is 0 Å². The normalized spacial score (nSPS) is 12.8. The van der Waals surface area contributed by atoms with E-state index in [4.69, 9.17) is 2.74 Å². The van der Waals surface area contributed by atoms with Crippen LogP contribution in [0.5, 0.6) is 0 Å². The first-order valence-electron chi connectivity index (χ1n) is 2.90. The average Bonchev–Trinajstić information content (AvgIpc) is 1.93. The first-order valence-corrected chi connectivity index (χ1v) is 2.69. The fourth-order valence-electron chi connectivity index (χ4n) is 0.289. The molecular formula is C5H3BrFN. The minimum atomic E-state index is -0.770. The van der Waals surface area contributed by atoms with Gasteiger partial charge in [0.25, 0.3) is 0 Å². The van der Waals surface area contributed by atoms with Crippen molar-refractivity contribution in [1.29, 1.82) is 0 Å². The summed E-state index contributed by atoms with van der Waals surface area (Å²) in [4.78, 5) is 3.47. The molecule has 1 rings (SSSR count). The zero-order valence-electron chi connectivity index (χ0n) is 5.78. The fourth-order valence-corrected chi connectivity index (χ4v) is 0.491. The Morgan fingerprint density at radius 2 is 2.50 bits per heavy atom. The molecule has 0 aliphatic carbocycles. The van der Waals surface area contributed by atoms with E-state index in [0.29, 0.717) is 0 Å². The Bertz CT molecular complexity index is 239. The summed E-state index contributed by atoms with van der Waals surface area (Å²) in [5.74, 6) is -0.770. The van der Waals surface area contributed by atoms with E-state index in [0.717, 1.165) is 6.20 Å². The van der Waals surface area contributed by atoms with Crippen LogP contribution in [0, 0.1) is 5.82 Å². The number of aromatic nitrogens is 1. The standard InChI is InChI=1S/C5H3BrFN/c6-5-2-1-4(7)3-8-5/h1-3H/i1D,2D. The van der Waals surface area contributed by atoms with Crippen molar-refractivity contribution in [2.45, 2.75) is 0 Å². The lowest BCUT2D eigenvalue weighted by molar-refractivity contribution is 0.620. The minimum absolute atomic E-state index is 0.193. The van der Waals surface area contributed by atoms with E-state index >= 15 is 0 Å². The highest BCUT2D eigenvalue weighted by Crippen LogP contribution is 2.03. The minimum Gasteiger partial charge on any atom is -0.246 e. The van der Waals surface area contributed by atoms with Gasteiger partial charge in [-0.05, 0) is 28.0 Å². The Hall–Kier alpha value is -0.440. The lowest BCUT2D eigenvalue weighted by atomic mass is 10.5. The van der Waals surface area contributed by atoms with Crippen molar-refractivity contribution >= 4 is 15.9 Å². The van der Waals surface area contributed by atoms with Gasteiger partial charge in [0.05, 0.1) is 8.94 Å². The number of nitrogens with zero attached hydrogens (tertiary/aromatic N) is 1. The largest absolute Gasteiger partial charge is 0.246 e. The van der Waals surface area contributed by atoms with Crippen molar-refractivity contribution in [1.82, 2.24) is 4.98 Å². The molecule has 1 aromatic heterocycles. The third-order valence-electron chi connectivity index (χ3n) is 0.576. The number of hydrogen-bond acceptors (Lipinski definition) is 1. The van der Waals surface area contributed by atoms with Gasteiger partial charge in [-0.2, -0.15) is 0 Å². The number of rotatable bonds is 0. The van der Waals surface area contributed by atoms with Gasteiger partial charge in [0.1, 0.15) is 10.4 Å². The van der Waals surface area contributed by atoms with E-state index in [1.807, 2.05) is 0 Å². The van der Waals surface area contributed by atoms with Crippen LogP contribution in [0.2, 0.25) is 0 Å². The summed E-state index contributed by atoms with van der Waals surface area (Å²) in [6.45, 7) is 0. The molecule has 0 saturated heterocycles. The van der Waals surface area contributed by atoms with Gasteiger partial charge in [-0.3, -0.25) is 0 Å². The van der Waals surface area contributed by atoms with Crippen LogP contribution in [-0.2, 0) is 0 Å². The maximum atomic E-state index is 12.4. The van der Waals surface area contributed by atoms with Gasteiger partial charge in [0.2, 0.25) is 0 Å². The third kappa shape index (κ3) is 1.26. The summed E-state index contributed by atoms with van der Waals surface area (Å²) in [6, 6.07) is -0.651. The lowest BCUT2D eigenvalue weighted by Crippen LogP contribution is -1.75. The second kappa shape index (κ2) is 2.22. The van der Waals surface area contributed by atoms with Crippen LogP contribution >= 0.6 is 15.9 Å². The summed E-state index contributed by atoms with van der Waals surface area (Å²) in [5.41, 5.74) is 0. The molecule has 0 aliphatic rings. The van der Waals surface area contributed by atoms with E-state index in [-0.39, 0.29) is 10.6 Å². The van der Waals surface area contributed by atoms with Crippen molar-refractivity contribution in [3.05, 3.63) is 28.7 Å². The first-order chi connectivity index (χ1) is 4.63. The van der Waals surface area contributed by atoms with Gasteiger partial charge in [0.15, 0.2) is 0 Å². The monoisotopic (exact) mass is 177 g/mol. The smallest absolute Gasteiger partial charge is 0.141 e. The quantitative estimate of drug-likeness (QED) is 0.553. The van der Waals surface area contributed by atoms with Crippen LogP contribution in [0.4, 0.5) is 4.39 Å². The van der Waals surface area contributed by atoms with Crippen LogP contribution < -0.4 is 0 Å². The molecule has 0 spiro atoms. The summed E-state index contributed by atoms with van der Waals surface area (Å²) in [5, 5.41) is 0. The summed E-state index contributed by atoms with van der Waals surface area (Å²) >= 11 is 2.89. The van der Waals surface area contributed by atoms with Crippen LogP contribution in [-0.4, -0.2) is 4.98 Å². The molecular weight excluding hydrogens is 173 g/mol. The molecule has 0 radical (unpaired) electrons. The zero-order valence-corrected chi connectivity index (χ0v) is 5.37. The Balaban J connectivity index is 3.34. The number of hydrogen-bond donors (Lipinski definition) is 0. The van der Waals surface area contributed by atoms with Gasteiger partial charge in [-0.25, -0.2) is 9.37 Å². The second-order valence-corrected chi connectivity index (χ2v) is 1.90. The third-order valence-corrected chi connectivity index (χ3v) is 0.979. The molecule has 0 atom stereocenters. The van der Waals surface area contributed by atoms with Gasteiger partial charge in [-0.1, -0.05) is 0 Å². The zero-order chi connectivity index (χ0) is 7.72. The Labute approximate surface area is 57.5 Å². The molecule has 0 amide bonds. The molecule has 1 aromatic rings. The summed E-state index contributed by atoms with van der Waals surface area (Å²) in [7, 11) is 0. The highest BCUT2D eigenvalue weighted by Gasteiger charge is 1.86. The van der Waals surface area contributed by atoms with Gasteiger partial charge in [0, 0.05) is 0 Å².